The molecule has 0 aliphatic heterocycles. The van der Waals surface area contributed by atoms with E-state index in [9.17, 15) is 9.59 Å². The van der Waals surface area contributed by atoms with Crippen molar-refractivity contribution in [1.82, 2.24) is 15.3 Å². The van der Waals surface area contributed by atoms with Gasteiger partial charge in [0, 0.05) is 17.4 Å². The van der Waals surface area contributed by atoms with Crippen LogP contribution in [-0.4, -0.2) is 46.6 Å². The highest BCUT2D eigenvalue weighted by Gasteiger charge is 2.25. The standard InChI is InChI=1S/C28H30N4O3.CH2O2/c1-18(2)13-26(28(34)35-3)32-27(33)24-12-11-20(30-16-21-15-29-17-31-21)14-25(24)23-10-6-8-19-7-4-5-9-22(19)23;2-1-3/h4-12,14-15,17-18,26,30H,13,16H2,1-3H3,(H,29,31)(H,32,33);1H,(H,2,3)/t26-;/m0./s1. The Labute approximate surface area is 221 Å². The third-order valence-corrected chi connectivity index (χ3v) is 5.88. The summed E-state index contributed by atoms with van der Waals surface area (Å²) in [5.74, 6) is -0.549. The zero-order valence-corrected chi connectivity index (χ0v) is 21.6. The molecule has 0 spiro atoms. The third kappa shape index (κ3) is 7.19. The summed E-state index contributed by atoms with van der Waals surface area (Å²) in [6.07, 6.45) is 3.90. The number of rotatable bonds is 9. The number of amides is 1. The maximum atomic E-state index is 13.5. The molecular weight excluding hydrogens is 484 g/mol. The molecule has 0 radical (unpaired) electrons. The van der Waals surface area contributed by atoms with Crippen molar-refractivity contribution in [2.75, 3.05) is 12.4 Å². The van der Waals surface area contributed by atoms with Crippen molar-refractivity contribution >= 4 is 34.8 Å². The largest absolute Gasteiger partial charge is 0.483 e. The number of fused-ring (bicyclic) bond motifs is 1. The van der Waals surface area contributed by atoms with Crippen LogP contribution in [0.5, 0.6) is 0 Å². The molecule has 38 heavy (non-hydrogen) atoms. The molecule has 1 heterocycles. The molecule has 198 valence electrons. The lowest BCUT2D eigenvalue weighted by atomic mass is 9.93. The average molecular weight is 517 g/mol. The van der Waals surface area contributed by atoms with E-state index < -0.39 is 12.0 Å². The van der Waals surface area contributed by atoms with Crippen molar-refractivity contribution in [2.24, 2.45) is 5.92 Å². The lowest BCUT2D eigenvalue weighted by Crippen LogP contribution is -2.42. The third-order valence-electron chi connectivity index (χ3n) is 5.88. The highest BCUT2D eigenvalue weighted by Crippen LogP contribution is 2.33. The van der Waals surface area contributed by atoms with E-state index in [0.717, 1.165) is 33.3 Å². The molecule has 3 aromatic carbocycles. The SMILES string of the molecule is COC(=O)[C@H](CC(C)C)NC(=O)c1ccc(NCc2cnc[nH]2)cc1-c1cccc2ccccc12.O=CO. The van der Waals surface area contributed by atoms with Gasteiger partial charge >= 0.3 is 5.97 Å². The fourth-order valence-corrected chi connectivity index (χ4v) is 4.18. The number of carbonyl (C=O) groups is 3. The van der Waals surface area contributed by atoms with E-state index in [0.29, 0.717) is 18.5 Å². The summed E-state index contributed by atoms with van der Waals surface area (Å²) < 4.78 is 4.94. The number of nitrogens with zero attached hydrogens (tertiary/aromatic N) is 1. The highest BCUT2D eigenvalue weighted by atomic mass is 16.5. The molecular formula is C29H32N4O5. The second kappa shape index (κ2) is 13.6. The van der Waals surface area contributed by atoms with Gasteiger partial charge in [0.25, 0.3) is 12.4 Å². The number of anilines is 1. The van der Waals surface area contributed by atoms with Crippen LogP contribution < -0.4 is 10.6 Å². The van der Waals surface area contributed by atoms with Crippen LogP contribution >= 0.6 is 0 Å². The maximum Gasteiger partial charge on any atom is 0.328 e. The summed E-state index contributed by atoms with van der Waals surface area (Å²) in [6.45, 7) is 4.33. The van der Waals surface area contributed by atoms with E-state index in [1.165, 1.54) is 7.11 Å². The van der Waals surface area contributed by atoms with Crippen molar-refractivity contribution in [3.8, 4) is 11.1 Å². The van der Waals surface area contributed by atoms with Gasteiger partial charge in [0.15, 0.2) is 0 Å². The fourth-order valence-electron chi connectivity index (χ4n) is 4.18. The molecule has 0 aliphatic rings. The van der Waals surface area contributed by atoms with Gasteiger partial charge in [0.05, 0.1) is 25.7 Å². The Morgan fingerprint density at radius 1 is 1.08 bits per heavy atom. The molecule has 9 nitrogen and oxygen atoms in total. The first kappa shape index (κ1) is 27.9. The van der Waals surface area contributed by atoms with Crippen molar-refractivity contribution in [2.45, 2.75) is 32.9 Å². The van der Waals surface area contributed by atoms with E-state index in [-0.39, 0.29) is 18.3 Å². The first-order chi connectivity index (χ1) is 18.4. The lowest BCUT2D eigenvalue weighted by molar-refractivity contribution is -0.143. The van der Waals surface area contributed by atoms with Crippen LogP contribution in [0.2, 0.25) is 0 Å². The number of aromatic amines is 1. The molecule has 4 rings (SSSR count). The van der Waals surface area contributed by atoms with Gasteiger partial charge in [-0.2, -0.15) is 0 Å². The molecule has 0 unspecified atom stereocenters. The Morgan fingerprint density at radius 3 is 2.50 bits per heavy atom. The van der Waals surface area contributed by atoms with Crippen LogP contribution in [0.15, 0.2) is 73.2 Å². The Kier molecular flexibility index (Phi) is 9.99. The summed E-state index contributed by atoms with van der Waals surface area (Å²) >= 11 is 0. The molecule has 0 fully saturated rings. The summed E-state index contributed by atoms with van der Waals surface area (Å²) in [7, 11) is 1.34. The second-order valence-electron chi connectivity index (χ2n) is 9.00. The summed E-state index contributed by atoms with van der Waals surface area (Å²) in [5.41, 5.74) is 4.03. The number of aromatic nitrogens is 2. The van der Waals surface area contributed by atoms with Crippen molar-refractivity contribution in [1.29, 1.82) is 0 Å². The molecule has 0 aliphatic carbocycles. The van der Waals surface area contributed by atoms with Gasteiger partial charge in [0.1, 0.15) is 6.04 Å². The van der Waals surface area contributed by atoms with E-state index in [1.54, 1.807) is 18.6 Å². The van der Waals surface area contributed by atoms with Crippen LogP contribution in [0.4, 0.5) is 5.69 Å². The molecule has 0 bridgehead atoms. The van der Waals surface area contributed by atoms with Gasteiger partial charge in [-0.05, 0) is 52.4 Å². The highest BCUT2D eigenvalue weighted by molar-refractivity contribution is 6.07. The molecule has 4 aromatic rings. The predicted molar refractivity (Wildman–Crippen MR) is 147 cm³/mol. The zero-order chi connectivity index (χ0) is 27.5. The number of hydrogen-bond acceptors (Lipinski definition) is 6. The van der Waals surface area contributed by atoms with Crippen LogP contribution in [-0.2, 0) is 20.9 Å². The summed E-state index contributed by atoms with van der Waals surface area (Å²) in [6, 6.07) is 19.1. The minimum absolute atomic E-state index is 0.214. The number of carboxylic acid groups (broad SMARTS) is 1. The minimum Gasteiger partial charge on any atom is -0.483 e. The number of imidazole rings is 1. The predicted octanol–water partition coefficient (Wildman–Crippen LogP) is 4.86. The number of methoxy groups -OCH3 is 1. The van der Waals surface area contributed by atoms with Gasteiger partial charge < -0.3 is 25.5 Å². The monoisotopic (exact) mass is 516 g/mol. The van der Waals surface area contributed by atoms with Gasteiger partial charge in [-0.15, -0.1) is 0 Å². The topological polar surface area (TPSA) is 133 Å². The Balaban J connectivity index is 0.00000127. The molecule has 1 atom stereocenters. The lowest BCUT2D eigenvalue weighted by Gasteiger charge is -2.20. The number of nitrogens with one attached hydrogen (secondary N) is 3. The average Bonchev–Trinajstić information content (AvgIpc) is 3.44. The molecule has 0 saturated heterocycles. The van der Waals surface area contributed by atoms with E-state index in [4.69, 9.17) is 14.6 Å². The molecule has 1 amide bonds. The van der Waals surface area contributed by atoms with Crippen LogP contribution in [0.1, 0.15) is 36.3 Å². The molecule has 4 N–H and O–H groups in total. The van der Waals surface area contributed by atoms with Crippen molar-refractivity contribution < 1.29 is 24.2 Å². The Hall–Kier alpha value is -4.66. The quantitative estimate of drug-likeness (QED) is 0.184. The van der Waals surface area contributed by atoms with E-state index in [2.05, 4.69) is 32.7 Å². The minimum atomic E-state index is -0.717. The van der Waals surface area contributed by atoms with E-state index >= 15 is 0 Å². The van der Waals surface area contributed by atoms with Crippen molar-refractivity contribution in [3.63, 3.8) is 0 Å². The van der Waals surface area contributed by atoms with Gasteiger partial charge in [-0.1, -0.05) is 56.3 Å². The Morgan fingerprint density at radius 2 is 1.82 bits per heavy atom. The number of ether oxygens (including phenoxy) is 1. The summed E-state index contributed by atoms with van der Waals surface area (Å²) in [4.78, 5) is 41.3. The first-order valence-electron chi connectivity index (χ1n) is 12.2. The van der Waals surface area contributed by atoms with E-state index in [1.807, 2.05) is 56.3 Å². The van der Waals surface area contributed by atoms with Gasteiger partial charge in [0.2, 0.25) is 0 Å². The molecule has 1 aromatic heterocycles. The Bertz CT molecular complexity index is 1360. The van der Waals surface area contributed by atoms with Crippen molar-refractivity contribution in [3.05, 3.63) is 84.4 Å². The molecule has 9 heteroatoms. The smallest absolute Gasteiger partial charge is 0.328 e. The number of H-pyrrole nitrogens is 1. The van der Waals surface area contributed by atoms with Gasteiger partial charge in [-0.3, -0.25) is 9.59 Å². The van der Waals surface area contributed by atoms with Crippen LogP contribution in [0, 0.1) is 5.92 Å². The number of hydrogen-bond donors (Lipinski definition) is 4. The maximum absolute atomic E-state index is 13.5. The van der Waals surface area contributed by atoms with Crippen LogP contribution in [0.25, 0.3) is 21.9 Å². The normalized spacial score (nSPS) is 11.3. The number of esters is 1. The van der Waals surface area contributed by atoms with Crippen LogP contribution in [0.3, 0.4) is 0 Å². The fraction of sp³-hybridized carbons (Fsp3) is 0.241. The first-order valence-corrected chi connectivity index (χ1v) is 12.2. The van der Waals surface area contributed by atoms with Gasteiger partial charge in [-0.25, -0.2) is 9.78 Å². The summed E-state index contributed by atoms with van der Waals surface area (Å²) in [5, 5.41) is 15.3. The zero-order valence-electron chi connectivity index (χ0n) is 21.6. The number of carbonyl (C=O) groups excluding carboxylic acids is 2. The molecule has 0 saturated carbocycles. The number of benzene rings is 3. The second-order valence-corrected chi connectivity index (χ2v) is 9.00.